The molecule has 4 aromatic rings. The minimum absolute atomic E-state index is 0.0334. The molecule has 8 nitrogen and oxygen atoms in total. The van der Waals surface area contributed by atoms with Crippen LogP contribution >= 0.6 is 22.9 Å². The molecule has 216 valence electrons. The minimum Gasteiger partial charge on any atom is -0.462 e. The van der Waals surface area contributed by atoms with Gasteiger partial charge in [0.2, 0.25) is 6.54 Å². The fourth-order valence-corrected chi connectivity index (χ4v) is 7.12. The van der Waals surface area contributed by atoms with Crippen LogP contribution in [0.25, 0.3) is 37.0 Å². The molecule has 0 saturated carbocycles. The molecule has 0 spiro atoms. The van der Waals surface area contributed by atoms with Crippen LogP contribution in [-0.4, -0.2) is 84.1 Å². The van der Waals surface area contributed by atoms with Crippen molar-refractivity contribution >= 4 is 55.7 Å². The van der Waals surface area contributed by atoms with Crippen molar-refractivity contribution in [3.63, 3.8) is 0 Å². The number of hydrogen-bond acceptors (Lipinski definition) is 7. The summed E-state index contributed by atoms with van der Waals surface area (Å²) in [6.07, 6.45) is 2.18. The first-order valence-electron chi connectivity index (χ1n) is 13.9. The molecule has 2 fully saturated rings. The predicted molar refractivity (Wildman–Crippen MR) is 166 cm³/mol. The quantitative estimate of drug-likeness (QED) is 0.189. The molecule has 1 amide bonds. The highest BCUT2D eigenvalue weighted by Crippen LogP contribution is 2.40. The molecular formula is C31H30ClFN6O2S. The number of piperazine rings is 1. The van der Waals surface area contributed by atoms with E-state index in [2.05, 4.69) is 47.0 Å². The summed E-state index contributed by atoms with van der Waals surface area (Å²) in [4.78, 5) is 31.3. The van der Waals surface area contributed by atoms with Crippen LogP contribution in [0.3, 0.4) is 0 Å². The first-order valence-corrected chi connectivity index (χ1v) is 15.1. The van der Waals surface area contributed by atoms with Crippen LogP contribution in [0.15, 0.2) is 54.2 Å². The fourth-order valence-electron chi connectivity index (χ4n) is 5.92. The number of anilines is 1. The highest BCUT2D eigenvalue weighted by Gasteiger charge is 2.35. The average molecular weight is 605 g/mol. The Balaban J connectivity index is 1.42. The fraction of sp³-hybridized carbons (Fsp3) is 0.355. The Bertz CT molecular complexity index is 1720. The van der Waals surface area contributed by atoms with Crippen LogP contribution in [-0.2, 0) is 4.79 Å². The van der Waals surface area contributed by atoms with E-state index in [0.29, 0.717) is 36.1 Å². The van der Waals surface area contributed by atoms with E-state index < -0.39 is 17.8 Å². The monoisotopic (exact) mass is 604 g/mol. The zero-order valence-corrected chi connectivity index (χ0v) is 24.8. The van der Waals surface area contributed by atoms with Gasteiger partial charge < -0.3 is 24.3 Å². The second kappa shape index (κ2) is 11.8. The normalized spacial score (nSPS) is 19.4. The maximum atomic E-state index is 13.8. The van der Waals surface area contributed by atoms with Gasteiger partial charge in [-0.05, 0) is 55.4 Å². The average Bonchev–Trinajstić information content (AvgIpc) is 3.64. The zero-order chi connectivity index (χ0) is 29.4. The van der Waals surface area contributed by atoms with Crippen molar-refractivity contribution in [2.45, 2.75) is 24.9 Å². The van der Waals surface area contributed by atoms with Crippen molar-refractivity contribution in [1.29, 1.82) is 0 Å². The van der Waals surface area contributed by atoms with Crippen LogP contribution in [0.1, 0.15) is 12.8 Å². The molecule has 2 aromatic carbocycles. The van der Waals surface area contributed by atoms with E-state index >= 15 is 0 Å². The van der Waals surface area contributed by atoms with Crippen LogP contribution in [0.2, 0.25) is 5.02 Å². The molecule has 6 rings (SSSR count). The van der Waals surface area contributed by atoms with Gasteiger partial charge in [-0.25, -0.2) is 11.0 Å². The maximum absolute atomic E-state index is 13.8. The largest absolute Gasteiger partial charge is 0.462 e. The minimum atomic E-state index is -1.03. The summed E-state index contributed by atoms with van der Waals surface area (Å²) in [5.41, 5.74) is 2.58. The summed E-state index contributed by atoms with van der Waals surface area (Å²) in [5, 5.41) is 4.52. The second-order valence-corrected chi connectivity index (χ2v) is 12.1. The topological polar surface area (TPSA) is 66.2 Å². The molecule has 0 N–H and O–H groups in total. The summed E-state index contributed by atoms with van der Waals surface area (Å²) in [7, 11) is 2.09. The third-order valence-corrected chi connectivity index (χ3v) is 9.44. The molecule has 2 saturated heterocycles. The van der Waals surface area contributed by atoms with Gasteiger partial charge in [0.1, 0.15) is 18.5 Å². The van der Waals surface area contributed by atoms with Gasteiger partial charge in [0.05, 0.1) is 5.52 Å². The van der Waals surface area contributed by atoms with Gasteiger partial charge >= 0.3 is 6.01 Å². The van der Waals surface area contributed by atoms with Crippen LogP contribution in [0.5, 0.6) is 6.01 Å². The number of benzene rings is 2. The van der Waals surface area contributed by atoms with Gasteiger partial charge in [-0.2, -0.15) is 9.97 Å². The molecule has 2 aliphatic heterocycles. The van der Waals surface area contributed by atoms with Gasteiger partial charge in [-0.3, -0.25) is 4.79 Å². The molecule has 42 heavy (non-hydrogen) atoms. The van der Waals surface area contributed by atoms with E-state index in [4.69, 9.17) is 32.9 Å². The van der Waals surface area contributed by atoms with Crippen LogP contribution < -0.4 is 9.64 Å². The van der Waals surface area contributed by atoms with Gasteiger partial charge in [-0.1, -0.05) is 36.4 Å². The van der Waals surface area contributed by atoms with E-state index in [9.17, 15) is 9.18 Å². The first kappa shape index (κ1) is 28.3. The third-order valence-electron chi connectivity index (χ3n) is 8.17. The highest BCUT2D eigenvalue weighted by molar-refractivity contribution is 7.17. The van der Waals surface area contributed by atoms with Gasteiger partial charge in [0, 0.05) is 51.9 Å². The smallest absolute Gasteiger partial charge is 0.319 e. The molecular weight excluding hydrogens is 575 g/mol. The van der Waals surface area contributed by atoms with E-state index in [0.717, 1.165) is 46.0 Å². The number of nitrogens with zero attached hydrogens (tertiary/aromatic N) is 6. The Morgan fingerprint density at radius 2 is 2.07 bits per heavy atom. The zero-order valence-electron chi connectivity index (χ0n) is 23.2. The van der Waals surface area contributed by atoms with E-state index in [-0.39, 0.29) is 25.1 Å². The number of hydrogen-bond donors (Lipinski definition) is 0. The van der Waals surface area contributed by atoms with Crippen molar-refractivity contribution < 1.29 is 13.9 Å². The standard InChI is InChI=1S/C31H30ClFN6O2S/c1-19(33)30(40)39-12-11-38(17-22(39)16-34-2)29-25-14-26(32)24(23-8-4-6-20-9-13-42-28(20)23)15-27(25)35-31(36-29)41-18-21-7-5-10-37(21)3/h4,6,8-9,13-15,21-22H,1,5,7,10-12,16-18H2,3H3/t21-,22-/m0/s1. The number of aromatic nitrogens is 2. The molecule has 4 heterocycles. The SMILES string of the molecule is [C-]#[N+]C[C@H]1CN(c2nc(OC[C@@H]3CCCN3C)nc3cc(-c4cccc5ccsc45)c(Cl)cc23)CCN1C(=O)C(=C)F. The highest BCUT2D eigenvalue weighted by atomic mass is 35.5. The predicted octanol–water partition coefficient (Wildman–Crippen LogP) is 6.06. The van der Waals surface area contributed by atoms with Crippen molar-refractivity contribution in [1.82, 2.24) is 19.8 Å². The number of carbonyl (C=O) groups excluding carboxylic acids is 1. The van der Waals surface area contributed by atoms with Gasteiger partial charge in [0.15, 0.2) is 5.83 Å². The molecule has 0 aliphatic carbocycles. The van der Waals surface area contributed by atoms with Crippen LogP contribution in [0, 0.1) is 6.57 Å². The lowest BCUT2D eigenvalue weighted by molar-refractivity contribution is -0.131. The summed E-state index contributed by atoms with van der Waals surface area (Å²) in [6.45, 7) is 13.0. The third kappa shape index (κ3) is 5.40. The van der Waals surface area contributed by atoms with Crippen molar-refractivity contribution in [2.75, 3.05) is 51.3 Å². The molecule has 11 heteroatoms. The lowest BCUT2D eigenvalue weighted by Gasteiger charge is -2.39. The number of amides is 1. The number of fused-ring (bicyclic) bond motifs is 2. The number of likely N-dealkylation sites (tertiary alicyclic amines) is 1. The number of thiophene rings is 1. The molecule has 0 bridgehead atoms. The molecule has 2 aromatic heterocycles. The number of likely N-dealkylation sites (N-methyl/N-ethyl adjacent to an activating group) is 1. The summed E-state index contributed by atoms with van der Waals surface area (Å²) in [5.74, 6) is -1.20. The summed E-state index contributed by atoms with van der Waals surface area (Å²) in [6, 6.07) is 12.1. The van der Waals surface area contributed by atoms with Gasteiger partial charge in [0.25, 0.3) is 5.91 Å². The van der Waals surface area contributed by atoms with E-state index in [1.165, 1.54) is 4.90 Å². The van der Waals surface area contributed by atoms with Crippen molar-refractivity contribution in [2.24, 2.45) is 0 Å². The Labute approximate surface area is 252 Å². The number of ether oxygens (including phenoxy) is 1. The molecule has 2 atom stereocenters. The van der Waals surface area contributed by atoms with Crippen molar-refractivity contribution in [3.8, 4) is 17.1 Å². The van der Waals surface area contributed by atoms with E-state index in [1.807, 2.05) is 23.1 Å². The van der Waals surface area contributed by atoms with E-state index in [1.54, 1.807) is 11.3 Å². The lowest BCUT2D eigenvalue weighted by atomic mass is 10.0. The number of rotatable bonds is 7. The molecule has 0 unspecified atom stereocenters. The molecule has 2 aliphatic rings. The lowest BCUT2D eigenvalue weighted by Crippen LogP contribution is -2.56. The Hall–Kier alpha value is -3.78. The molecule has 0 radical (unpaired) electrons. The maximum Gasteiger partial charge on any atom is 0.319 e. The first-order chi connectivity index (χ1) is 20.3. The Morgan fingerprint density at radius 3 is 2.83 bits per heavy atom. The Morgan fingerprint density at radius 1 is 1.21 bits per heavy atom. The van der Waals surface area contributed by atoms with Crippen molar-refractivity contribution in [3.05, 3.63) is 70.6 Å². The second-order valence-electron chi connectivity index (χ2n) is 10.8. The van der Waals surface area contributed by atoms with Gasteiger partial charge in [-0.15, -0.1) is 11.3 Å². The van der Waals surface area contributed by atoms with Crippen LogP contribution in [0.4, 0.5) is 10.2 Å². The Kier molecular flexibility index (Phi) is 7.99. The number of carbonyl (C=O) groups is 1. The number of halogens is 2. The summed E-state index contributed by atoms with van der Waals surface area (Å²) < 4.78 is 21.1. The summed E-state index contributed by atoms with van der Waals surface area (Å²) >= 11 is 8.61.